The molecule has 0 bridgehead atoms. The quantitative estimate of drug-likeness (QED) is 0.839. The fraction of sp³-hybridized carbons (Fsp3) is 0.333. The minimum absolute atomic E-state index is 0.180. The van der Waals surface area contributed by atoms with Gasteiger partial charge in [-0.3, -0.25) is 4.98 Å². The lowest BCUT2D eigenvalue weighted by atomic mass is 10.1. The summed E-state index contributed by atoms with van der Waals surface area (Å²) >= 11 is 0. The highest BCUT2D eigenvalue weighted by Gasteiger charge is 2.34. The van der Waals surface area contributed by atoms with Crippen LogP contribution in [0, 0.1) is 0 Å². The highest BCUT2D eigenvalue weighted by atomic mass is 19.4. The Morgan fingerprint density at radius 1 is 1.38 bits per heavy atom. The number of anilines is 1. The van der Waals surface area contributed by atoms with Crippen LogP contribution in [0.25, 0.3) is 11.4 Å². The molecular weight excluding hydrogens is 325 g/mol. The van der Waals surface area contributed by atoms with E-state index >= 15 is 0 Å². The number of carboxylic acid groups (broad SMARTS) is 1. The average molecular weight is 340 g/mol. The van der Waals surface area contributed by atoms with E-state index in [1.807, 2.05) is 0 Å². The number of nitrogens with one attached hydrogen (secondary N) is 1. The molecule has 0 radical (unpaired) electrons. The van der Waals surface area contributed by atoms with E-state index in [9.17, 15) is 18.0 Å². The van der Waals surface area contributed by atoms with E-state index in [1.165, 1.54) is 18.5 Å². The van der Waals surface area contributed by atoms with Crippen molar-refractivity contribution in [2.45, 2.75) is 32.0 Å². The molecule has 0 saturated heterocycles. The third-order valence-electron chi connectivity index (χ3n) is 3.13. The summed E-state index contributed by atoms with van der Waals surface area (Å²) in [6.07, 6.45) is -1.07. The smallest absolute Gasteiger partial charge is 0.433 e. The van der Waals surface area contributed by atoms with Crippen molar-refractivity contribution in [3.8, 4) is 11.4 Å². The first-order valence-corrected chi connectivity index (χ1v) is 7.17. The normalized spacial score (nSPS) is 12.7. The van der Waals surface area contributed by atoms with Gasteiger partial charge in [-0.25, -0.2) is 14.8 Å². The van der Waals surface area contributed by atoms with Crippen molar-refractivity contribution in [2.24, 2.45) is 0 Å². The topological polar surface area (TPSA) is 88.0 Å². The summed E-state index contributed by atoms with van der Waals surface area (Å²) in [5.41, 5.74) is -0.853. The van der Waals surface area contributed by atoms with E-state index in [4.69, 9.17) is 5.11 Å². The van der Waals surface area contributed by atoms with Gasteiger partial charge < -0.3 is 10.4 Å². The van der Waals surface area contributed by atoms with Crippen LogP contribution in [0.3, 0.4) is 0 Å². The second-order valence-electron chi connectivity index (χ2n) is 5.03. The van der Waals surface area contributed by atoms with E-state index in [-0.39, 0.29) is 18.1 Å². The maximum Gasteiger partial charge on any atom is 0.433 e. The number of halogens is 3. The predicted molar refractivity (Wildman–Crippen MR) is 80.2 cm³/mol. The molecule has 24 heavy (non-hydrogen) atoms. The minimum Gasteiger partial charge on any atom is -0.480 e. The number of nitrogens with zero attached hydrogens (tertiary/aromatic N) is 3. The molecule has 0 fully saturated rings. The van der Waals surface area contributed by atoms with E-state index in [2.05, 4.69) is 20.3 Å². The summed E-state index contributed by atoms with van der Waals surface area (Å²) in [4.78, 5) is 22.5. The Balaban J connectivity index is 2.45. The molecule has 9 heteroatoms. The summed E-state index contributed by atoms with van der Waals surface area (Å²) in [6.45, 7) is 1.78. The fourth-order valence-electron chi connectivity index (χ4n) is 2.02. The lowest BCUT2D eigenvalue weighted by Gasteiger charge is -2.16. The van der Waals surface area contributed by atoms with Crippen molar-refractivity contribution in [1.29, 1.82) is 0 Å². The molecule has 128 valence electrons. The number of aromatic nitrogens is 3. The van der Waals surface area contributed by atoms with Gasteiger partial charge in [-0.05, 0) is 18.6 Å². The molecule has 0 aromatic carbocycles. The van der Waals surface area contributed by atoms with E-state index in [0.717, 1.165) is 0 Å². The summed E-state index contributed by atoms with van der Waals surface area (Å²) in [7, 11) is 0. The van der Waals surface area contributed by atoms with Gasteiger partial charge in [-0.15, -0.1) is 0 Å². The molecule has 2 rings (SSSR count). The molecule has 1 atom stereocenters. The minimum atomic E-state index is -4.68. The molecule has 0 saturated carbocycles. The van der Waals surface area contributed by atoms with Gasteiger partial charge in [0, 0.05) is 24.0 Å². The molecule has 6 nitrogen and oxygen atoms in total. The Morgan fingerprint density at radius 2 is 2.12 bits per heavy atom. The van der Waals surface area contributed by atoms with Gasteiger partial charge in [-0.1, -0.05) is 13.3 Å². The maximum absolute atomic E-state index is 13.1. The zero-order valence-corrected chi connectivity index (χ0v) is 12.7. The standard InChI is InChI=1S/C15H15F3N4O2/c1-2-4-10(14(23)24)20-12-7-11(15(16,17)18)21-13(22-12)9-5-3-6-19-8-9/h3,5-8,10H,2,4H2,1H3,(H,23,24)(H,20,21,22). The Labute approximate surface area is 135 Å². The first kappa shape index (κ1) is 17.6. The largest absolute Gasteiger partial charge is 0.480 e. The molecule has 0 aliphatic heterocycles. The van der Waals surface area contributed by atoms with E-state index in [0.29, 0.717) is 18.1 Å². The van der Waals surface area contributed by atoms with Gasteiger partial charge in [0.25, 0.3) is 0 Å². The Morgan fingerprint density at radius 3 is 2.67 bits per heavy atom. The van der Waals surface area contributed by atoms with Crippen molar-refractivity contribution in [1.82, 2.24) is 15.0 Å². The molecule has 0 aliphatic rings. The second kappa shape index (κ2) is 7.24. The number of alkyl halides is 3. The van der Waals surface area contributed by atoms with Crippen LogP contribution in [0.2, 0.25) is 0 Å². The Kier molecular flexibility index (Phi) is 5.32. The first-order chi connectivity index (χ1) is 11.3. The van der Waals surface area contributed by atoms with E-state index in [1.54, 1.807) is 13.0 Å². The Bertz CT molecular complexity index is 708. The van der Waals surface area contributed by atoms with Crippen LogP contribution in [-0.4, -0.2) is 32.1 Å². The Hall–Kier alpha value is -2.71. The van der Waals surface area contributed by atoms with Crippen LogP contribution in [0.15, 0.2) is 30.6 Å². The molecule has 2 aromatic heterocycles. The highest BCUT2D eigenvalue weighted by molar-refractivity contribution is 5.77. The van der Waals surface area contributed by atoms with Gasteiger partial charge in [0.2, 0.25) is 0 Å². The third kappa shape index (κ3) is 4.40. The number of rotatable bonds is 6. The van der Waals surface area contributed by atoms with Crippen LogP contribution >= 0.6 is 0 Å². The van der Waals surface area contributed by atoms with Gasteiger partial charge in [0.15, 0.2) is 11.5 Å². The second-order valence-corrected chi connectivity index (χ2v) is 5.03. The summed E-state index contributed by atoms with van der Waals surface area (Å²) in [5.74, 6) is -1.54. The van der Waals surface area contributed by atoms with Gasteiger partial charge in [0.1, 0.15) is 11.9 Å². The van der Waals surface area contributed by atoms with Crippen LogP contribution in [0.4, 0.5) is 19.0 Å². The molecule has 0 amide bonds. The zero-order valence-electron chi connectivity index (χ0n) is 12.7. The van der Waals surface area contributed by atoms with Crippen molar-refractivity contribution in [2.75, 3.05) is 5.32 Å². The summed E-state index contributed by atoms with van der Waals surface area (Å²) < 4.78 is 39.2. The molecule has 0 spiro atoms. The average Bonchev–Trinajstić information content (AvgIpc) is 2.54. The molecular formula is C15H15F3N4O2. The maximum atomic E-state index is 13.1. The zero-order chi connectivity index (χ0) is 17.7. The predicted octanol–water partition coefficient (Wildman–Crippen LogP) is 3.22. The number of carboxylic acids is 1. The van der Waals surface area contributed by atoms with Crippen molar-refractivity contribution < 1.29 is 23.1 Å². The van der Waals surface area contributed by atoms with Crippen LogP contribution < -0.4 is 5.32 Å². The number of hydrogen-bond acceptors (Lipinski definition) is 5. The van der Waals surface area contributed by atoms with Gasteiger partial charge in [-0.2, -0.15) is 13.2 Å². The van der Waals surface area contributed by atoms with Gasteiger partial charge in [0.05, 0.1) is 0 Å². The van der Waals surface area contributed by atoms with Crippen LogP contribution in [0.1, 0.15) is 25.5 Å². The number of pyridine rings is 1. The highest BCUT2D eigenvalue weighted by Crippen LogP contribution is 2.30. The molecule has 2 heterocycles. The number of hydrogen-bond donors (Lipinski definition) is 2. The van der Waals surface area contributed by atoms with Crippen LogP contribution in [0.5, 0.6) is 0 Å². The van der Waals surface area contributed by atoms with E-state index < -0.39 is 23.9 Å². The molecule has 2 N–H and O–H groups in total. The fourth-order valence-corrected chi connectivity index (χ4v) is 2.02. The monoisotopic (exact) mass is 340 g/mol. The molecule has 0 aliphatic carbocycles. The SMILES string of the molecule is CCCC(Nc1cc(C(F)(F)F)nc(-c2cccnc2)n1)C(=O)O. The van der Waals surface area contributed by atoms with Gasteiger partial charge >= 0.3 is 12.1 Å². The number of carbonyl (C=O) groups is 1. The van der Waals surface area contributed by atoms with Crippen molar-refractivity contribution >= 4 is 11.8 Å². The summed E-state index contributed by atoms with van der Waals surface area (Å²) in [5, 5.41) is 11.7. The van der Waals surface area contributed by atoms with Crippen molar-refractivity contribution in [3.63, 3.8) is 0 Å². The lowest BCUT2D eigenvalue weighted by Crippen LogP contribution is -2.29. The van der Waals surface area contributed by atoms with Crippen molar-refractivity contribution in [3.05, 3.63) is 36.3 Å². The first-order valence-electron chi connectivity index (χ1n) is 7.17. The number of aliphatic carboxylic acids is 1. The van der Waals surface area contributed by atoms with Crippen LogP contribution in [-0.2, 0) is 11.0 Å². The molecule has 2 aromatic rings. The lowest BCUT2D eigenvalue weighted by molar-refractivity contribution is -0.141. The molecule has 1 unspecified atom stereocenters. The third-order valence-corrected chi connectivity index (χ3v) is 3.13. The summed E-state index contributed by atoms with van der Waals surface area (Å²) in [6, 6.07) is 2.73.